The zero-order chi connectivity index (χ0) is 21.1. The van der Waals surface area contributed by atoms with Crippen LogP contribution in [0.3, 0.4) is 0 Å². The Labute approximate surface area is 167 Å². The van der Waals surface area contributed by atoms with Gasteiger partial charge in [-0.15, -0.1) is 0 Å². The Balaban J connectivity index is 1.77. The highest BCUT2D eigenvalue weighted by molar-refractivity contribution is 6.04. The normalized spacial score (nSPS) is 19.0. The number of nitrogens with zero attached hydrogens (tertiary/aromatic N) is 2. The second kappa shape index (κ2) is 8.44. The summed E-state index contributed by atoms with van der Waals surface area (Å²) < 4.78 is 25.3. The van der Waals surface area contributed by atoms with E-state index in [9.17, 15) is 19.3 Å². The van der Waals surface area contributed by atoms with Crippen molar-refractivity contribution in [3.8, 4) is 5.75 Å². The quantitative estimate of drug-likeness (QED) is 0.606. The number of carbonyl (C=O) groups excluding carboxylic acids is 1. The summed E-state index contributed by atoms with van der Waals surface area (Å²) >= 11 is 0. The number of anilines is 2. The van der Waals surface area contributed by atoms with Gasteiger partial charge in [-0.2, -0.15) is 0 Å². The molecule has 29 heavy (non-hydrogen) atoms. The molecule has 0 aliphatic carbocycles. The van der Waals surface area contributed by atoms with Crippen LogP contribution in [0.2, 0.25) is 0 Å². The van der Waals surface area contributed by atoms with Gasteiger partial charge >= 0.3 is 5.69 Å². The minimum Gasteiger partial charge on any atom is -0.490 e. The van der Waals surface area contributed by atoms with Crippen LogP contribution < -0.4 is 15.0 Å². The SMILES string of the molecule is COc1ccc(C(=O)Nc2ccc(N3C[C@H](C)O[C@@H](C)C3)c(F)c2)cc1[N+](=O)[O-]. The van der Waals surface area contributed by atoms with E-state index in [1.165, 1.54) is 25.3 Å². The number of nitro groups is 1. The molecular formula is C20H22FN3O5. The Morgan fingerprint density at radius 2 is 1.93 bits per heavy atom. The molecule has 0 aromatic heterocycles. The molecule has 1 N–H and O–H groups in total. The van der Waals surface area contributed by atoms with E-state index in [1.807, 2.05) is 18.7 Å². The minimum atomic E-state index is -0.631. The van der Waals surface area contributed by atoms with Crippen molar-refractivity contribution in [2.75, 3.05) is 30.4 Å². The van der Waals surface area contributed by atoms with Crippen molar-refractivity contribution in [2.24, 2.45) is 0 Å². The highest BCUT2D eigenvalue weighted by Gasteiger charge is 2.24. The molecule has 1 saturated heterocycles. The molecule has 1 aliphatic rings. The van der Waals surface area contributed by atoms with Gasteiger partial charge in [-0.1, -0.05) is 0 Å². The first-order chi connectivity index (χ1) is 13.8. The van der Waals surface area contributed by atoms with Crippen LogP contribution in [-0.4, -0.2) is 43.2 Å². The molecule has 8 nitrogen and oxygen atoms in total. The van der Waals surface area contributed by atoms with E-state index in [-0.39, 0.29) is 34.9 Å². The van der Waals surface area contributed by atoms with Crippen LogP contribution in [0.1, 0.15) is 24.2 Å². The summed E-state index contributed by atoms with van der Waals surface area (Å²) in [6.45, 7) is 5.01. The van der Waals surface area contributed by atoms with Crippen LogP contribution in [0, 0.1) is 15.9 Å². The number of methoxy groups -OCH3 is 1. The summed E-state index contributed by atoms with van der Waals surface area (Å²) in [5.74, 6) is -1.00. The van der Waals surface area contributed by atoms with E-state index in [0.29, 0.717) is 18.8 Å². The predicted molar refractivity (Wildman–Crippen MR) is 106 cm³/mol. The zero-order valence-corrected chi connectivity index (χ0v) is 16.3. The number of hydrogen-bond acceptors (Lipinski definition) is 6. The second-order valence-electron chi connectivity index (χ2n) is 6.93. The molecule has 2 aromatic carbocycles. The number of carbonyl (C=O) groups is 1. The second-order valence-corrected chi connectivity index (χ2v) is 6.93. The number of amides is 1. The molecule has 2 atom stereocenters. The van der Waals surface area contributed by atoms with Gasteiger partial charge in [-0.05, 0) is 44.2 Å². The molecule has 2 aromatic rings. The highest BCUT2D eigenvalue weighted by Crippen LogP contribution is 2.29. The lowest BCUT2D eigenvalue weighted by atomic mass is 10.1. The van der Waals surface area contributed by atoms with Crippen LogP contribution in [0.4, 0.5) is 21.5 Å². The molecule has 9 heteroatoms. The molecular weight excluding hydrogens is 381 g/mol. The van der Waals surface area contributed by atoms with E-state index < -0.39 is 16.6 Å². The standard InChI is InChI=1S/C20H22FN3O5/c1-12-10-23(11-13(2)29-12)17-6-5-15(9-16(17)21)22-20(25)14-4-7-19(28-3)18(8-14)24(26)27/h4-9,12-13H,10-11H2,1-3H3,(H,22,25)/t12-,13-/m0/s1. The molecule has 0 saturated carbocycles. The van der Waals surface area contributed by atoms with Crippen molar-refractivity contribution in [1.29, 1.82) is 0 Å². The van der Waals surface area contributed by atoms with Gasteiger partial charge in [-0.25, -0.2) is 4.39 Å². The Morgan fingerprint density at radius 1 is 1.24 bits per heavy atom. The van der Waals surface area contributed by atoms with Gasteiger partial charge < -0.3 is 19.7 Å². The van der Waals surface area contributed by atoms with Crippen molar-refractivity contribution in [2.45, 2.75) is 26.1 Å². The molecule has 154 valence electrons. The summed E-state index contributed by atoms with van der Waals surface area (Å²) in [6.07, 6.45) is -0.0215. The predicted octanol–water partition coefficient (Wildman–Crippen LogP) is 3.61. The Kier molecular flexibility index (Phi) is 5.97. The first kappa shape index (κ1) is 20.5. The van der Waals surface area contributed by atoms with Gasteiger partial charge in [0.05, 0.1) is 29.9 Å². The number of ether oxygens (including phenoxy) is 2. The third-order valence-electron chi connectivity index (χ3n) is 4.60. The first-order valence-corrected chi connectivity index (χ1v) is 9.12. The fraction of sp³-hybridized carbons (Fsp3) is 0.350. The molecule has 1 aliphatic heterocycles. The lowest BCUT2D eigenvalue weighted by Gasteiger charge is -2.37. The molecule has 0 radical (unpaired) electrons. The third-order valence-corrected chi connectivity index (χ3v) is 4.60. The number of nitro benzene ring substituents is 1. The number of rotatable bonds is 5. The van der Waals surface area contributed by atoms with E-state index in [2.05, 4.69) is 5.32 Å². The molecule has 1 fully saturated rings. The monoisotopic (exact) mass is 403 g/mol. The summed E-state index contributed by atoms with van der Waals surface area (Å²) in [5.41, 5.74) is 0.434. The fourth-order valence-electron chi connectivity index (χ4n) is 3.39. The van der Waals surface area contributed by atoms with Gasteiger partial charge in [0.15, 0.2) is 5.75 Å². The molecule has 0 unspecified atom stereocenters. The maximum absolute atomic E-state index is 14.7. The van der Waals surface area contributed by atoms with Gasteiger partial charge in [0, 0.05) is 30.4 Å². The van der Waals surface area contributed by atoms with Crippen LogP contribution in [-0.2, 0) is 4.74 Å². The van der Waals surface area contributed by atoms with E-state index in [4.69, 9.17) is 9.47 Å². The van der Waals surface area contributed by atoms with Crippen molar-refractivity contribution < 1.29 is 23.6 Å². The van der Waals surface area contributed by atoms with Crippen molar-refractivity contribution in [3.05, 3.63) is 57.9 Å². The third kappa shape index (κ3) is 4.62. The maximum Gasteiger partial charge on any atom is 0.311 e. The Hall–Kier alpha value is -3.20. The molecule has 1 amide bonds. The number of benzene rings is 2. The van der Waals surface area contributed by atoms with E-state index in [1.54, 1.807) is 12.1 Å². The van der Waals surface area contributed by atoms with Crippen molar-refractivity contribution in [1.82, 2.24) is 0 Å². The molecule has 3 rings (SSSR count). The lowest BCUT2D eigenvalue weighted by molar-refractivity contribution is -0.385. The molecule has 1 heterocycles. The zero-order valence-electron chi connectivity index (χ0n) is 16.3. The largest absolute Gasteiger partial charge is 0.490 e. The molecule has 0 spiro atoms. The number of hydrogen-bond donors (Lipinski definition) is 1. The van der Waals surface area contributed by atoms with E-state index in [0.717, 1.165) is 6.07 Å². The number of halogens is 1. The number of morpholine rings is 1. The van der Waals surface area contributed by atoms with Crippen molar-refractivity contribution in [3.63, 3.8) is 0 Å². The Morgan fingerprint density at radius 3 is 2.52 bits per heavy atom. The van der Waals surface area contributed by atoms with Gasteiger partial charge in [0.25, 0.3) is 5.91 Å². The average Bonchev–Trinajstić information content (AvgIpc) is 2.66. The van der Waals surface area contributed by atoms with Crippen LogP contribution >= 0.6 is 0 Å². The maximum atomic E-state index is 14.7. The summed E-state index contributed by atoms with van der Waals surface area (Å²) in [4.78, 5) is 24.9. The minimum absolute atomic E-state index is 0.0107. The van der Waals surface area contributed by atoms with E-state index >= 15 is 0 Å². The summed E-state index contributed by atoms with van der Waals surface area (Å²) in [7, 11) is 1.31. The van der Waals surface area contributed by atoms with Gasteiger partial charge in [0.1, 0.15) is 5.82 Å². The fourth-order valence-corrected chi connectivity index (χ4v) is 3.39. The van der Waals surface area contributed by atoms with Crippen LogP contribution in [0.15, 0.2) is 36.4 Å². The smallest absolute Gasteiger partial charge is 0.311 e. The topological polar surface area (TPSA) is 93.9 Å². The first-order valence-electron chi connectivity index (χ1n) is 9.12. The Bertz CT molecular complexity index is 926. The van der Waals surface area contributed by atoms with Crippen LogP contribution in [0.25, 0.3) is 0 Å². The van der Waals surface area contributed by atoms with Crippen LogP contribution in [0.5, 0.6) is 5.75 Å². The lowest BCUT2D eigenvalue weighted by Crippen LogP contribution is -2.45. The number of nitrogens with one attached hydrogen (secondary N) is 1. The van der Waals surface area contributed by atoms with Crippen molar-refractivity contribution >= 4 is 23.0 Å². The molecule has 0 bridgehead atoms. The average molecular weight is 403 g/mol. The van der Waals surface area contributed by atoms with Gasteiger partial charge in [-0.3, -0.25) is 14.9 Å². The van der Waals surface area contributed by atoms with Gasteiger partial charge in [0.2, 0.25) is 0 Å². The summed E-state index contributed by atoms with van der Waals surface area (Å²) in [6, 6.07) is 8.30. The highest BCUT2D eigenvalue weighted by atomic mass is 19.1. The summed E-state index contributed by atoms with van der Waals surface area (Å²) in [5, 5.41) is 13.7.